The summed E-state index contributed by atoms with van der Waals surface area (Å²) in [5.41, 5.74) is 6.20. The van der Waals surface area contributed by atoms with Gasteiger partial charge in [-0.05, 0) is 32.0 Å². The van der Waals surface area contributed by atoms with Crippen molar-refractivity contribution in [2.75, 3.05) is 0 Å². The predicted octanol–water partition coefficient (Wildman–Crippen LogP) is 6.83. The van der Waals surface area contributed by atoms with Crippen LogP contribution in [0.1, 0.15) is 25.1 Å². The second-order valence-electron chi connectivity index (χ2n) is 7.23. The number of halogens is 1. The zero-order valence-corrected chi connectivity index (χ0v) is 18.0. The first kappa shape index (κ1) is 19.0. The van der Waals surface area contributed by atoms with Crippen LogP contribution in [0.5, 0.6) is 0 Å². The molecule has 4 aromatic rings. The Morgan fingerprint density at radius 2 is 1.64 bits per heavy atom. The zero-order chi connectivity index (χ0) is 19.8. The van der Waals surface area contributed by atoms with Crippen LogP contribution in [0.2, 0.25) is 5.02 Å². The Morgan fingerprint density at radius 1 is 0.929 bits per heavy atom. The van der Waals surface area contributed by atoms with E-state index in [0.717, 1.165) is 38.1 Å². The summed E-state index contributed by atoms with van der Waals surface area (Å²) in [6.07, 6.45) is 2.03. The van der Waals surface area contributed by atoms with Crippen molar-refractivity contribution < 1.29 is 0 Å². The first-order valence-electron chi connectivity index (χ1n) is 9.31. The maximum absolute atomic E-state index is 6.62. The minimum Gasteiger partial charge on any atom is -0.283 e. The lowest BCUT2D eigenvalue weighted by molar-refractivity contribution is 1.07. The fraction of sp³-hybridized carbons (Fsp3) is 0.217. The summed E-state index contributed by atoms with van der Waals surface area (Å²) < 4.78 is 2.04. The van der Waals surface area contributed by atoms with E-state index in [1.807, 2.05) is 29.7 Å². The lowest BCUT2D eigenvalue weighted by Crippen LogP contribution is -1.93. The lowest BCUT2D eigenvalue weighted by Gasteiger charge is -2.11. The molecule has 0 saturated carbocycles. The quantitative estimate of drug-likeness (QED) is 0.347. The molecule has 4 rings (SSSR count). The van der Waals surface area contributed by atoms with Crippen molar-refractivity contribution in [1.82, 2.24) is 14.4 Å². The average Bonchev–Trinajstić information content (AvgIpc) is 3.02. The Bertz CT molecular complexity index is 1150. The molecule has 0 aliphatic rings. The molecule has 0 amide bonds. The van der Waals surface area contributed by atoms with Crippen LogP contribution in [0.25, 0.3) is 28.3 Å². The molecular formula is C23H22ClN3S. The molecule has 0 saturated heterocycles. The third-order valence-electron chi connectivity index (χ3n) is 4.53. The molecule has 0 bridgehead atoms. The van der Waals surface area contributed by atoms with Gasteiger partial charge in [0.05, 0.1) is 16.4 Å². The molecule has 0 radical (unpaired) electrons. The zero-order valence-electron chi connectivity index (χ0n) is 16.4. The molecule has 0 unspecified atom stereocenters. The molecule has 0 aliphatic heterocycles. The Hall–Kier alpha value is -2.30. The van der Waals surface area contributed by atoms with Crippen LogP contribution < -0.4 is 0 Å². The van der Waals surface area contributed by atoms with Crippen LogP contribution in [0.4, 0.5) is 0 Å². The van der Waals surface area contributed by atoms with E-state index < -0.39 is 0 Å². The van der Waals surface area contributed by atoms with Gasteiger partial charge >= 0.3 is 0 Å². The van der Waals surface area contributed by atoms with Gasteiger partial charge in [0, 0.05) is 33.2 Å². The van der Waals surface area contributed by atoms with Gasteiger partial charge in [0.1, 0.15) is 0 Å². The molecule has 0 aliphatic carbocycles. The number of hydrogen-bond donors (Lipinski definition) is 0. The molecule has 2 aromatic carbocycles. The van der Waals surface area contributed by atoms with E-state index in [9.17, 15) is 0 Å². The highest BCUT2D eigenvalue weighted by atomic mass is 35.5. The van der Waals surface area contributed by atoms with Crippen molar-refractivity contribution >= 4 is 29.1 Å². The predicted molar refractivity (Wildman–Crippen MR) is 119 cm³/mol. The van der Waals surface area contributed by atoms with Crippen LogP contribution in [0.3, 0.4) is 0 Å². The Morgan fingerprint density at radius 3 is 2.32 bits per heavy atom. The topological polar surface area (TPSA) is 30.2 Å². The summed E-state index contributed by atoms with van der Waals surface area (Å²) in [5.74, 6) is 0.697. The van der Waals surface area contributed by atoms with Gasteiger partial charge in [-0.15, -0.1) is 11.8 Å². The molecule has 142 valence electrons. The maximum Gasteiger partial charge on any atom is 0.235 e. The van der Waals surface area contributed by atoms with Crippen LogP contribution in [0.15, 0.2) is 59.6 Å². The number of thioether (sulfide) groups is 1. The Labute approximate surface area is 174 Å². The van der Waals surface area contributed by atoms with Crippen molar-refractivity contribution in [3.05, 3.63) is 71.0 Å². The third kappa shape index (κ3) is 3.67. The van der Waals surface area contributed by atoms with Gasteiger partial charge in [-0.2, -0.15) is 0 Å². The van der Waals surface area contributed by atoms with Gasteiger partial charge in [0.25, 0.3) is 0 Å². The molecule has 28 heavy (non-hydrogen) atoms. The monoisotopic (exact) mass is 407 g/mol. The van der Waals surface area contributed by atoms with Gasteiger partial charge in [-0.25, -0.2) is 9.97 Å². The first-order valence-corrected chi connectivity index (χ1v) is 10.6. The highest BCUT2D eigenvalue weighted by molar-refractivity contribution is 8.00. The summed E-state index contributed by atoms with van der Waals surface area (Å²) >= 11 is 8.39. The second kappa shape index (κ2) is 7.61. The molecular weight excluding hydrogens is 386 g/mol. The normalized spacial score (nSPS) is 11.5. The van der Waals surface area contributed by atoms with E-state index in [4.69, 9.17) is 16.6 Å². The standard InChI is InChI=1S/C23H22ClN3S/c1-14(2)28-20-10-9-18(13-19(20)24)22-21(17-7-5-15(3)6-8-17)26-23-25-16(4)11-12-27(22)23/h5-14H,1-4H3. The van der Waals surface area contributed by atoms with E-state index >= 15 is 0 Å². The molecule has 0 N–H and O–H groups in total. The van der Waals surface area contributed by atoms with E-state index in [1.54, 1.807) is 11.8 Å². The van der Waals surface area contributed by atoms with Crippen molar-refractivity contribution in [3.63, 3.8) is 0 Å². The largest absolute Gasteiger partial charge is 0.283 e. The minimum absolute atomic E-state index is 0.481. The highest BCUT2D eigenvalue weighted by Gasteiger charge is 2.18. The van der Waals surface area contributed by atoms with Crippen LogP contribution >= 0.6 is 23.4 Å². The smallest absolute Gasteiger partial charge is 0.235 e. The Balaban J connectivity index is 1.93. The summed E-state index contributed by atoms with van der Waals surface area (Å²) in [6, 6.07) is 16.7. The van der Waals surface area contributed by atoms with Crippen molar-refractivity contribution in [2.45, 2.75) is 37.8 Å². The number of fused-ring (bicyclic) bond motifs is 1. The molecule has 5 heteroatoms. The summed E-state index contributed by atoms with van der Waals surface area (Å²) in [5, 5.41) is 1.25. The molecule has 0 fully saturated rings. The summed E-state index contributed by atoms with van der Waals surface area (Å²) in [6.45, 7) is 8.41. The lowest BCUT2D eigenvalue weighted by atomic mass is 10.0. The number of benzene rings is 2. The van der Waals surface area contributed by atoms with Crippen LogP contribution in [-0.2, 0) is 0 Å². The number of imidazole rings is 1. The Kier molecular flexibility index (Phi) is 5.17. The number of nitrogens with zero attached hydrogens (tertiary/aromatic N) is 3. The van der Waals surface area contributed by atoms with Crippen LogP contribution in [-0.4, -0.2) is 19.6 Å². The summed E-state index contributed by atoms with van der Waals surface area (Å²) in [7, 11) is 0. The minimum atomic E-state index is 0.481. The number of aryl methyl sites for hydroxylation is 2. The fourth-order valence-electron chi connectivity index (χ4n) is 3.20. The van der Waals surface area contributed by atoms with Crippen molar-refractivity contribution in [2.24, 2.45) is 0 Å². The second-order valence-corrected chi connectivity index (χ2v) is 9.25. The number of aromatic nitrogens is 3. The third-order valence-corrected chi connectivity index (χ3v) is 6.03. The van der Waals surface area contributed by atoms with Crippen molar-refractivity contribution in [3.8, 4) is 22.5 Å². The van der Waals surface area contributed by atoms with Gasteiger partial charge in [0.15, 0.2) is 0 Å². The molecule has 0 spiro atoms. The first-order chi connectivity index (χ1) is 13.4. The SMILES string of the molecule is Cc1ccc(-c2nc3nc(C)ccn3c2-c2ccc(SC(C)C)c(Cl)c2)cc1. The van der Waals surface area contributed by atoms with Gasteiger partial charge in [-0.1, -0.05) is 61.3 Å². The van der Waals surface area contributed by atoms with Gasteiger partial charge in [-0.3, -0.25) is 4.40 Å². The average molecular weight is 408 g/mol. The van der Waals surface area contributed by atoms with Gasteiger partial charge in [0.2, 0.25) is 5.78 Å². The maximum atomic E-state index is 6.62. The fourth-order valence-corrected chi connectivity index (χ4v) is 4.34. The molecule has 2 heterocycles. The van der Waals surface area contributed by atoms with E-state index in [0.29, 0.717) is 11.0 Å². The molecule has 0 atom stereocenters. The van der Waals surface area contributed by atoms with Crippen molar-refractivity contribution in [1.29, 1.82) is 0 Å². The number of hydrogen-bond acceptors (Lipinski definition) is 3. The number of rotatable bonds is 4. The van der Waals surface area contributed by atoms with E-state index in [-0.39, 0.29) is 0 Å². The van der Waals surface area contributed by atoms with E-state index in [1.165, 1.54) is 5.56 Å². The van der Waals surface area contributed by atoms with Gasteiger partial charge < -0.3 is 0 Å². The summed E-state index contributed by atoms with van der Waals surface area (Å²) in [4.78, 5) is 10.6. The molecule has 3 nitrogen and oxygen atoms in total. The molecule has 2 aromatic heterocycles. The van der Waals surface area contributed by atoms with Crippen LogP contribution in [0, 0.1) is 13.8 Å². The van der Waals surface area contributed by atoms with E-state index in [2.05, 4.69) is 62.2 Å². The highest BCUT2D eigenvalue weighted by Crippen LogP contribution is 2.37.